The molecule has 2 unspecified atom stereocenters. The van der Waals surface area contributed by atoms with Crippen molar-refractivity contribution < 1.29 is 12.8 Å². The maximum Gasteiger partial charge on any atom is 0.246 e. The number of hydrogen-bond acceptors (Lipinski definition) is 3. The lowest BCUT2D eigenvalue weighted by Gasteiger charge is -2.37. The number of benzene rings is 1. The smallest absolute Gasteiger partial charge is 0.246 e. The molecule has 108 valence electrons. The Morgan fingerprint density at radius 3 is 2.58 bits per heavy atom. The maximum atomic E-state index is 13.6. The summed E-state index contributed by atoms with van der Waals surface area (Å²) in [5.74, 6) is -0.698. The summed E-state index contributed by atoms with van der Waals surface area (Å²) in [5.41, 5.74) is 0. The van der Waals surface area contributed by atoms with Gasteiger partial charge in [-0.3, -0.25) is 0 Å². The second-order valence-electron chi connectivity index (χ2n) is 4.53. The molecule has 19 heavy (non-hydrogen) atoms. The Balaban J connectivity index is 0.00000180. The first-order chi connectivity index (χ1) is 8.44. The van der Waals surface area contributed by atoms with E-state index in [0.717, 1.165) is 0 Å². The van der Waals surface area contributed by atoms with Crippen molar-refractivity contribution in [1.29, 1.82) is 0 Å². The van der Waals surface area contributed by atoms with Crippen molar-refractivity contribution in [3.05, 3.63) is 30.1 Å². The van der Waals surface area contributed by atoms with Crippen LogP contribution >= 0.6 is 12.4 Å². The van der Waals surface area contributed by atoms with Crippen LogP contribution in [0.5, 0.6) is 0 Å². The zero-order chi connectivity index (χ0) is 13.3. The van der Waals surface area contributed by atoms with E-state index in [1.54, 1.807) is 0 Å². The summed E-state index contributed by atoms with van der Waals surface area (Å²) in [6.45, 7) is 4.70. The van der Waals surface area contributed by atoms with Gasteiger partial charge in [0.25, 0.3) is 0 Å². The molecule has 1 aliphatic heterocycles. The zero-order valence-corrected chi connectivity index (χ0v) is 12.5. The van der Waals surface area contributed by atoms with Crippen LogP contribution in [0.3, 0.4) is 0 Å². The number of nitrogens with one attached hydrogen (secondary N) is 1. The third-order valence-electron chi connectivity index (χ3n) is 3.40. The average Bonchev–Trinajstić information content (AvgIpc) is 2.32. The lowest BCUT2D eigenvalue weighted by molar-refractivity contribution is 0.232. The van der Waals surface area contributed by atoms with Crippen LogP contribution in [-0.4, -0.2) is 37.9 Å². The van der Waals surface area contributed by atoms with Crippen molar-refractivity contribution in [1.82, 2.24) is 9.62 Å². The van der Waals surface area contributed by atoms with Gasteiger partial charge in [0, 0.05) is 25.2 Å². The number of halogens is 2. The van der Waals surface area contributed by atoms with E-state index >= 15 is 0 Å². The second-order valence-corrected chi connectivity index (χ2v) is 6.39. The Morgan fingerprint density at radius 2 is 1.95 bits per heavy atom. The third kappa shape index (κ3) is 3.08. The standard InChI is InChI=1S/C12H17FN2O2S.ClH/c1-9-10(2)15(8-7-14-9)18(16,17)12-6-4-3-5-11(12)13;/h3-6,9-10,14H,7-8H2,1-2H3;1H. The zero-order valence-electron chi connectivity index (χ0n) is 10.8. The Bertz CT molecular complexity index is 538. The SMILES string of the molecule is CC1NCCN(S(=O)(=O)c2ccccc2F)C1C.Cl. The monoisotopic (exact) mass is 308 g/mol. The number of sulfonamides is 1. The maximum absolute atomic E-state index is 13.6. The molecular formula is C12H18ClFN2O2S. The predicted molar refractivity (Wildman–Crippen MR) is 74.5 cm³/mol. The minimum absolute atomic E-state index is 0. The summed E-state index contributed by atoms with van der Waals surface area (Å²) in [6.07, 6.45) is 0. The van der Waals surface area contributed by atoms with Crippen molar-refractivity contribution in [3.8, 4) is 0 Å². The summed E-state index contributed by atoms with van der Waals surface area (Å²) in [7, 11) is -3.76. The molecular weight excluding hydrogens is 291 g/mol. The Morgan fingerprint density at radius 1 is 1.32 bits per heavy atom. The van der Waals surface area contributed by atoms with Gasteiger partial charge in [-0.1, -0.05) is 12.1 Å². The highest BCUT2D eigenvalue weighted by Crippen LogP contribution is 2.23. The Kier molecular flexibility index (Phi) is 5.32. The van der Waals surface area contributed by atoms with Crippen LogP contribution in [0.4, 0.5) is 4.39 Å². The van der Waals surface area contributed by atoms with Crippen LogP contribution in [0.15, 0.2) is 29.2 Å². The molecule has 0 aliphatic carbocycles. The van der Waals surface area contributed by atoms with Gasteiger partial charge in [-0.25, -0.2) is 12.8 Å². The van der Waals surface area contributed by atoms with E-state index < -0.39 is 15.8 Å². The summed E-state index contributed by atoms with van der Waals surface area (Å²) in [6, 6.07) is 5.36. The third-order valence-corrected chi connectivity index (χ3v) is 5.42. The van der Waals surface area contributed by atoms with Crippen LogP contribution in [0.2, 0.25) is 0 Å². The molecule has 0 bridgehead atoms. The first kappa shape index (κ1) is 16.4. The lowest BCUT2D eigenvalue weighted by atomic mass is 10.1. The fourth-order valence-electron chi connectivity index (χ4n) is 2.15. The Hall–Kier alpha value is -0.690. The van der Waals surface area contributed by atoms with Gasteiger partial charge >= 0.3 is 0 Å². The van der Waals surface area contributed by atoms with Crippen molar-refractivity contribution in [3.63, 3.8) is 0 Å². The quantitative estimate of drug-likeness (QED) is 0.903. The molecule has 1 aliphatic rings. The van der Waals surface area contributed by atoms with Crippen LogP contribution in [0.1, 0.15) is 13.8 Å². The molecule has 0 radical (unpaired) electrons. The molecule has 1 heterocycles. The summed E-state index contributed by atoms with van der Waals surface area (Å²) in [5, 5.41) is 3.20. The van der Waals surface area contributed by atoms with Crippen molar-refractivity contribution >= 4 is 22.4 Å². The fraction of sp³-hybridized carbons (Fsp3) is 0.500. The topological polar surface area (TPSA) is 49.4 Å². The molecule has 7 heteroatoms. The van der Waals surface area contributed by atoms with E-state index in [9.17, 15) is 12.8 Å². The Labute approximate surface area is 119 Å². The molecule has 4 nitrogen and oxygen atoms in total. The number of hydrogen-bond donors (Lipinski definition) is 1. The highest BCUT2D eigenvalue weighted by Gasteiger charge is 2.35. The molecule has 0 spiro atoms. The fourth-order valence-corrected chi connectivity index (χ4v) is 3.91. The van der Waals surface area contributed by atoms with Crippen LogP contribution in [0, 0.1) is 5.82 Å². The first-order valence-electron chi connectivity index (χ1n) is 5.94. The number of nitrogens with zero attached hydrogens (tertiary/aromatic N) is 1. The van der Waals surface area contributed by atoms with Crippen molar-refractivity contribution in [2.45, 2.75) is 30.8 Å². The van der Waals surface area contributed by atoms with E-state index in [1.165, 1.54) is 28.6 Å². The number of rotatable bonds is 2. The van der Waals surface area contributed by atoms with Gasteiger partial charge in [0.05, 0.1) is 0 Å². The van der Waals surface area contributed by atoms with Gasteiger partial charge in [-0.05, 0) is 26.0 Å². The molecule has 2 rings (SSSR count). The van der Waals surface area contributed by atoms with Gasteiger partial charge < -0.3 is 5.32 Å². The van der Waals surface area contributed by atoms with E-state index in [1.807, 2.05) is 13.8 Å². The highest BCUT2D eigenvalue weighted by atomic mass is 35.5. The van der Waals surface area contributed by atoms with Crippen LogP contribution < -0.4 is 5.32 Å². The molecule has 1 N–H and O–H groups in total. The highest BCUT2D eigenvalue weighted by molar-refractivity contribution is 7.89. The van der Waals surface area contributed by atoms with Gasteiger partial charge in [-0.15, -0.1) is 12.4 Å². The molecule has 1 aromatic carbocycles. The number of piperazine rings is 1. The lowest BCUT2D eigenvalue weighted by Crippen LogP contribution is -2.57. The normalized spacial score (nSPS) is 24.8. The van der Waals surface area contributed by atoms with Gasteiger partial charge in [0.2, 0.25) is 10.0 Å². The molecule has 1 fully saturated rings. The minimum Gasteiger partial charge on any atom is -0.311 e. The average molecular weight is 309 g/mol. The summed E-state index contributed by atoms with van der Waals surface area (Å²) in [4.78, 5) is -0.244. The van der Waals surface area contributed by atoms with Gasteiger partial charge in [-0.2, -0.15) is 4.31 Å². The van der Waals surface area contributed by atoms with Crippen molar-refractivity contribution in [2.75, 3.05) is 13.1 Å². The minimum atomic E-state index is -3.76. The van der Waals surface area contributed by atoms with Gasteiger partial charge in [0.1, 0.15) is 10.7 Å². The van der Waals surface area contributed by atoms with Crippen LogP contribution in [-0.2, 0) is 10.0 Å². The van der Waals surface area contributed by atoms with E-state index in [-0.39, 0.29) is 29.4 Å². The van der Waals surface area contributed by atoms with Crippen LogP contribution in [0.25, 0.3) is 0 Å². The largest absolute Gasteiger partial charge is 0.311 e. The predicted octanol–water partition coefficient (Wildman–Crippen LogP) is 1.62. The second kappa shape index (κ2) is 6.17. The van der Waals surface area contributed by atoms with E-state index in [4.69, 9.17) is 0 Å². The molecule has 0 aromatic heterocycles. The summed E-state index contributed by atoms with van der Waals surface area (Å²) >= 11 is 0. The molecule has 1 aromatic rings. The van der Waals surface area contributed by atoms with E-state index in [2.05, 4.69) is 5.32 Å². The molecule has 2 atom stereocenters. The van der Waals surface area contributed by atoms with E-state index in [0.29, 0.717) is 13.1 Å². The molecule has 0 amide bonds. The van der Waals surface area contributed by atoms with Gasteiger partial charge in [0.15, 0.2) is 0 Å². The summed E-state index contributed by atoms with van der Waals surface area (Å²) < 4.78 is 39.9. The molecule has 1 saturated heterocycles. The molecule has 0 saturated carbocycles. The first-order valence-corrected chi connectivity index (χ1v) is 7.38. The van der Waals surface area contributed by atoms with Crippen molar-refractivity contribution in [2.24, 2.45) is 0 Å².